The standard InChI is InChI=1S/C20H26N4O2/c1-14(2)17-11-21-20(22-12-17)24-8-6-23(7-9-24)15(3)16-4-5-18-19(10-16)26-13-25-18/h4-5,10-12,14-15H,6-9,13H2,1-3H3. The molecule has 6 nitrogen and oxygen atoms in total. The summed E-state index contributed by atoms with van der Waals surface area (Å²) < 4.78 is 10.9. The Morgan fingerprint density at radius 1 is 0.885 bits per heavy atom. The monoisotopic (exact) mass is 354 g/mol. The Kier molecular flexibility index (Phi) is 4.68. The van der Waals surface area contributed by atoms with Gasteiger partial charge in [-0.05, 0) is 36.1 Å². The lowest BCUT2D eigenvalue weighted by Crippen LogP contribution is -2.47. The van der Waals surface area contributed by atoms with E-state index >= 15 is 0 Å². The highest BCUT2D eigenvalue weighted by atomic mass is 16.7. The van der Waals surface area contributed by atoms with Crippen LogP contribution in [-0.4, -0.2) is 47.8 Å². The fourth-order valence-electron chi connectivity index (χ4n) is 3.49. The molecule has 0 saturated carbocycles. The Labute approximate surface area is 154 Å². The minimum Gasteiger partial charge on any atom is -0.454 e. The van der Waals surface area contributed by atoms with Crippen LogP contribution >= 0.6 is 0 Å². The van der Waals surface area contributed by atoms with Crippen molar-refractivity contribution in [3.05, 3.63) is 41.7 Å². The molecular formula is C20H26N4O2. The van der Waals surface area contributed by atoms with Crippen LogP contribution < -0.4 is 14.4 Å². The minimum absolute atomic E-state index is 0.321. The van der Waals surface area contributed by atoms with Gasteiger partial charge in [-0.15, -0.1) is 0 Å². The van der Waals surface area contributed by atoms with E-state index in [4.69, 9.17) is 9.47 Å². The average Bonchev–Trinajstić information content (AvgIpc) is 3.15. The van der Waals surface area contributed by atoms with Crippen molar-refractivity contribution < 1.29 is 9.47 Å². The normalized spacial score (nSPS) is 18.4. The summed E-state index contributed by atoms with van der Waals surface area (Å²) in [7, 11) is 0. The van der Waals surface area contributed by atoms with Gasteiger partial charge in [-0.3, -0.25) is 4.90 Å². The van der Waals surface area contributed by atoms with Gasteiger partial charge in [0, 0.05) is 44.6 Å². The highest BCUT2D eigenvalue weighted by Crippen LogP contribution is 2.35. The van der Waals surface area contributed by atoms with Crippen molar-refractivity contribution >= 4 is 5.95 Å². The van der Waals surface area contributed by atoms with Gasteiger partial charge >= 0.3 is 0 Å². The summed E-state index contributed by atoms with van der Waals surface area (Å²) in [5.74, 6) is 2.99. The van der Waals surface area contributed by atoms with E-state index in [-0.39, 0.29) is 0 Å². The van der Waals surface area contributed by atoms with Crippen LogP contribution in [0.15, 0.2) is 30.6 Å². The molecule has 1 aromatic heterocycles. The maximum atomic E-state index is 5.51. The van der Waals surface area contributed by atoms with E-state index in [1.165, 1.54) is 11.1 Å². The first-order valence-electron chi connectivity index (χ1n) is 9.32. The lowest BCUT2D eigenvalue weighted by molar-refractivity contribution is 0.173. The van der Waals surface area contributed by atoms with E-state index in [0.717, 1.165) is 43.6 Å². The SMILES string of the molecule is CC(C)c1cnc(N2CCN(C(C)c3ccc4c(c3)OCO4)CC2)nc1. The van der Waals surface area contributed by atoms with Gasteiger partial charge in [0.2, 0.25) is 12.7 Å². The predicted octanol–water partition coefficient (Wildman–Crippen LogP) is 3.21. The third kappa shape index (κ3) is 3.33. The molecule has 0 bridgehead atoms. The summed E-state index contributed by atoms with van der Waals surface area (Å²) in [6.07, 6.45) is 3.91. The molecule has 6 heteroatoms. The molecule has 1 aromatic carbocycles. The Morgan fingerprint density at radius 2 is 1.58 bits per heavy atom. The number of aromatic nitrogens is 2. The molecule has 138 valence electrons. The molecule has 0 aliphatic carbocycles. The molecule has 2 aromatic rings. The molecule has 2 aliphatic rings. The van der Waals surface area contributed by atoms with Crippen molar-refractivity contribution in [1.82, 2.24) is 14.9 Å². The predicted molar refractivity (Wildman–Crippen MR) is 101 cm³/mol. The highest BCUT2D eigenvalue weighted by molar-refractivity contribution is 5.45. The Bertz CT molecular complexity index is 755. The number of rotatable bonds is 4. The number of piperazine rings is 1. The van der Waals surface area contributed by atoms with Crippen molar-refractivity contribution in [2.24, 2.45) is 0 Å². The lowest BCUT2D eigenvalue weighted by atomic mass is 10.1. The van der Waals surface area contributed by atoms with Crippen molar-refractivity contribution in [3.63, 3.8) is 0 Å². The number of benzene rings is 1. The molecule has 4 rings (SSSR count). The topological polar surface area (TPSA) is 50.7 Å². The molecule has 0 spiro atoms. The molecule has 1 atom stereocenters. The van der Waals surface area contributed by atoms with E-state index in [9.17, 15) is 0 Å². The van der Waals surface area contributed by atoms with Gasteiger partial charge in [0.15, 0.2) is 11.5 Å². The third-order valence-electron chi connectivity index (χ3n) is 5.35. The first-order chi connectivity index (χ1) is 12.6. The summed E-state index contributed by atoms with van der Waals surface area (Å²) >= 11 is 0. The molecule has 3 heterocycles. The van der Waals surface area contributed by atoms with E-state index in [2.05, 4.69) is 52.7 Å². The first-order valence-corrected chi connectivity index (χ1v) is 9.32. The second-order valence-electron chi connectivity index (χ2n) is 7.28. The second kappa shape index (κ2) is 7.11. The number of fused-ring (bicyclic) bond motifs is 1. The molecule has 1 saturated heterocycles. The van der Waals surface area contributed by atoms with Gasteiger partial charge in [-0.1, -0.05) is 19.9 Å². The molecule has 0 N–H and O–H groups in total. The van der Waals surface area contributed by atoms with Gasteiger partial charge in [-0.2, -0.15) is 0 Å². The van der Waals surface area contributed by atoms with Crippen LogP contribution in [0.3, 0.4) is 0 Å². The number of hydrogen-bond acceptors (Lipinski definition) is 6. The molecule has 26 heavy (non-hydrogen) atoms. The van der Waals surface area contributed by atoms with Crippen molar-refractivity contribution in [2.45, 2.75) is 32.7 Å². The van der Waals surface area contributed by atoms with Gasteiger partial charge < -0.3 is 14.4 Å². The van der Waals surface area contributed by atoms with Crippen LogP contribution in [0.2, 0.25) is 0 Å². The summed E-state index contributed by atoms with van der Waals surface area (Å²) in [6.45, 7) is 10.8. The summed E-state index contributed by atoms with van der Waals surface area (Å²) in [5, 5.41) is 0. The van der Waals surface area contributed by atoms with Gasteiger partial charge in [0.05, 0.1) is 0 Å². The number of nitrogens with zero attached hydrogens (tertiary/aromatic N) is 4. The highest BCUT2D eigenvalue weighted by Gasteiger charge is 2.25. The third-order valence-corrected chi connectivity index (χ3v) is 5.35. The van der Waals surface area contributed by atoms with E-state index in [1.54, 1.807) is 0 Å². The molecular weight excluding hydrogens is 328 g/mol. The van der Waals surface area contributed by atoms with E-state index in [1.807, 2.05) is 18.5 Å². The number of hydrogen-bond donors (Lipinski definition) is 0. The van der Waals surface area contributed by atoms with Crippen molar-refractivity contribution in [2.75, 3.05) is 37.9 Å². The largest absolute Gasteiger partial charge is 0.454 e. The lowest BCUT2D eigenvalue weighted by Gasteiger charge is -2.38. The maximum absolute atomic E-state index is 5.51. The molecule has 0 radical (unpaired) electrons. The fraction of sp³-hybridized carbons (Fsp3) is 0.500. The average molecular weight is 354 g/mol. The molecule has 2 aliphatic heterocycles. The Morgan fingerprint density at radius 3 is 2.27 bits per heavy atom. The first kappa shape index (κ1) is 17.1. The van der Waals surface area contributed by atoms with E-state index < -0.39 is 0 Å². The Hall–Kier alpha value is -2.34. The van der Waals surface area contributed by atoms with Gasteiger partial charge in [0.1, 0.15) is 0 Å². The molecule has 0 amide bonds. The summed E-state index contributed by atoms with van der Waals surface area (Å²) in [4.78, 5) is 13.9. The maximum Gasteiger partial charge on any atom is 0.231 e. The zero-order chi connectivity index (χ0) is 18.1. The number of anilines is 1. The zero-order valence-corrected chi connectivity index (χ0v) is 15.7. The second-order valence-corrected chi connectivity index (χ2v) is 7.28. The fourth-order valence-corrected chi connectivity index (χ4v) is 3.49. The van der Waals surface area contributed by atoms with Crippen molar-refractivity contribution in [3.8, 4) is 11.5 Å². The molecule has 1 fully saturated rings. The molecule has 1 unspecified atom stereocenters. The quantitative estimate of drug-likeness (QED) is 0.840. The van der Waals surface area contributed by atoms with Crippen molar-refractivity contribution in [1.29, 1.82) is 0 Å². The van der Waals surface area contributed by atoms with Crippen LogP contribution in [-0.2, 0) is 0 Å². The Balaban J connectivity index is 1.38. The van der Waals surface area contributed by atoms with E-state index in [0.29, 0.717) is 18.8 Å². The van der Waals surface area contributed by atoms with Crippen LogP contribution in [0.1, 0.15) is 43.9 Å². The van der Waals surface area contributed by atoms with Crippen LogP contribution in [0, 0.1) is 0 Å². The van der Waals surface area contributed by atoms with Crippen LogP contribution in [0.5, 0.6) is 11.5 Å². The summed E-state index contributed by atoms with van der Waals surface area (Å²) in [5.41, 5.74) is 2.45. The van der Waals surface area contributed by atoms with Gasteiger partial charge in [-0.25, -0.2) is 9.97 Å². The summed E-state index contributed by atoms with van der Waals surface area (Å²) in [6, 6.07) is 6.59. The minimum atomic E-state index is 0.321. The number of ether oxygens (including phenoxy) is 2. The van der Waals surface area contributed by atoms with Crippen LogP contribution in [0.4, 0.5) is 5.95 Å². The smallest absolute Gasteiger partial charge is 0.231 e. The zero-order valence-electron chi connectivity index (χ0n) is 15.7. The van der Waals surface area contributed by atoms with Gasteiger partial charge in [0.25, 0.3) is 0 Å². The van der Waals surface area contributed by atoms with Crippen LogP contribution in [0.25, 0.3) is 0 Å².